The van der Waals surface area contributed by atoms with Crippen molar-refractivity contribution in [3.63, 3.8) is 0 Å². The van der Waals surface area contributed by atoms with E-state index in [0.717, 1.165) is 89.9 Å². The van der Waals surface area contributed by atoms with Gasteiger partial charge in [-0.25, -0.2) is 0 Å². The van der Waals surface area contributed by atoms with Gasteiger partial charge >= 0.3 is 17.9 Å². The maximum absolute atomic E-state index is 12.9. The standard InChI is InChI=1S/C67H116O6/c1-4-7-10-13-16-19-22-25-28-31-32-33-34-37-39-42-45-48-51-54-57-60-66(69)72-63-64(73-67(70)61-58-55-52-49-46-43-40-36-30-27-24-21-18-15-12-9-6-3)62-71-65(68)59-56-53-50-47-44-41-38-35-29-26-23-20-17-14-11-8-5-2/h17-18,20-21,26-27,29-30,38,40-41,43,49,52,64H,4-16,19,22-25,28,31-37,39,42,44-48,50-51,53-63H2,1-3H3/b20-17-,21-18-,29-26-,30-27-,41-38-,43-40-,52-49-/t64-/m1/s1. The summed E-state index contributed by atoms with van der Waals surface area (Å²) in [7, 11) is 0. The molecule has 0 saturated carbocycles. The van der Waals surface area contributed by atoms with Gasteiger partial charge in [0.05, 0.1) is 0 Å². The molecular weight excluding hydrogens is 901 g/mol. The Morgan fingerprint density at radius 3 is 0.836 bits per heavy atom. The van der Waals surface area contributed by atoms with Crippen LogP contribution in [-0.4, -0.2) is 37.2 Å². The van der Waals surface area contributed by atoms with E-state index in [1.165, 1.54) is 167 Å². The number of rotatable bonds is 56. The number of carbonyl (C=O) groups excluding carboxylic acids is 3. The summed E-state index contributed by atoms with van der Waals surface area (Å²) in [4.78, 5) is 38.2. The summed E-state index contributed by atoms with van der Waals surface area (Å²) in [6.07, 6.45) is 80.2. The maximum atomic E-state index is 12.9. The van der Waals surface area contributed by atoms with Gasteiger partial charge in [0.2, 0.25) is 0 Å². The summed E-state index contributed by atoms with van der Waals surface area (Å²) < 4.78 is 16.8. The van der Waals surface area contributed by atoms with Gasteiger partial charge in [-0.3, -0.25) is 14.4 Å². The molecule has 0 aliphatic carbocycles. The molecule has 0 aromatic heterocycles. The lowest BCUT2D eigenvalue weighted by atomic mass is 10.0. The molecule has 0 fully saturated rings. The summed E-state index contributed by atoms with van der Waals surface area (Å²) in [6, 6.07) is 0. The van der Waals surface area contributed by atoms with Crippen LogP contribution in [0.15, 0.2) is 85.1 Å². The fraction of sp³-hybridized carbons (Fsp3) is 0.746. The quantitative estimate of drug-likeness (QED) is 0.0261. The van der Waals surface area contributed by atoms with Gasteiger partial charge in [-0.05, 0) is 96.3 Å². The van der Waals surface area contributed by atoms with Crippen LogP contribution in [0.3, 0.4) is 0 Å². The Balaban J connectivity index is 4.45. The minimum Gasteiger partial charge on any atom is -0.462 e. The molecule has 0 aliphatic rings. The lowest BCUT2D eigenvalue weighted by molar-refractivity contribution is -0.167. The SMILES string of the molecule is CCCCC/C=C\C/C=C\C/C=C\C/C=C\CCCC(=O)O[C@H](COC(=O)CCCCCC/C=C\C/C=C\C/C=C\CCCCC)COC(=O)CCCCCCCCCCCCCCCCCCCCCCC. The van der Waals surface area contributed by atoms with E-state index < -0.39 is 6.10 Å². The predicted octanol–water partition coefficient (Wildman–Crippen LogP) is 21.1. The predicted molar refractivity (Wildman–Crippen MR) is 316 cm³/mol. The minimum atomic E-state index is -0.815. The van der Waals surface area contributed by atoms with Gasteiger partial charge in [-0.15, -0.1) is 0 Å². The number of hydrogen-bond donors (Lipinski definition) is 0. The highest BCUT2D eigenvalue weighted by molar-refractivity contribution is 5.71. The van der Waals surface area contributed by atoms with Crippen LogP contribution in [0.25, 0.3) is 0 Å². The van der Waals surface area contributed by atoms with E-state index in [2.05, 4.69) is 106 Å². The first-order valence-corrected chi connectivity index (χ1v) is 31.1. The van der Waals surface area contributed by atoms with Gasteiger partial charge in [0.1, 0.15) is 13.2 Å². The lowest BCUT2D eigenvalue weighted by Crippen LogP contribution is -2.30. The minimum absolute atomic E-state index is 0.103. The zero-order valence-electron chi connectivity index (χ0n) is 48.1. The molecular formula is C67H116O6. The molecule has 0 rings (SSSR count). The number of carbonyl (C=O) groups is 3. The van der Waals surface area contributed by atoms with E-state index in [1.54, 1.807) is 0 Å². The van der Waals surface area contributed by atoms with Crippen LogP contribution in [0.4, 0.5) is 0 Å². The normalized spacial score (nSPS) is 12.6. The van der Waals surface area contributed by atoms with Gasteiger partial charge in [-0.2, -0.15) is 0 Å². The molecule has 0 bridgehead atoms. The zero-order valence-corrected chi connectivity index (χ0v) is 48.1. The van der Waals surface area contributed by atoms with Crippen molar-refractivity contribution in [1.82, 2.24) is 0 Å². The van der Waals surface area contributed by atoms with Crippen LogP contribution in [-0.2, 0) is 28.6 Å². The molecule has 1 atom stereocenters. The third kappa shape index (κ3) is 59.3. The molecule has 0 aromatic rings. The summed E-state index contributed by atoms with van der Waals surface area (Å²) in [5, 5.41) is 0. The highest BCUT2D eigenvalue weighted by atomic mass is 16.6. The lowest BCUT2D eigenvalue weighted by Gasteiger charge is -2.18. The second-order valence-corrected chi connectivity index (χ2v) is 20.6. The van der Waals surface area contributed by atoms with Crippen LogP contribution < -0.4 is 0 Å². The third-order valence-corrected chi connectivity index (χ3v) is 13.4. The van der Waals surface area contributed by atoms with Crippen molar-refractivity contribution in [2.45, 2.75) is 309 Å². The average molecular weight is 1020 g/mol. The number of hydrogen-bond acceptors (Lipinski definition) is 6. The van der Waals surface area contributed by atoms with Crippen molar-refractivity contribution < 1.29 is 28.6 Å². The Morgan fingerprint density at radius 1 is 0.274 bits per heavy atom. The van der Waals surface area contributed by atoms with E-state index in [-0.39, 0.29) is 37.5 Å². The smallest absolute Gasteiger partial charge is 0.306 e. The van der Waals surface area contributed by atoms with Crippen molar-refractivity contribution in [3.8, 4) is 0 Å². The Morgan fingerprint density at radius 2 is 0.507 bits per heavy atom. The van der Waals surface area contributed by atoms with E-state index in [0.29, 0.717) is 19.3 Å². The van der Waals surface area contributed by atoms with Gasteiger partial charge in [0, 0.05) is 19.3 Å². The fourth-order valence-corrected chi connectivity index (χ4v) is 8.68. The molecule has 0 heterocycles. The largest absolute Gasteiger partial charge is 0.462 e. The maximum Gasteiger partial charge on any atom is 0.306 e. The molecule has 0 saturated heterocycles. The fourth-order valence-electron chi connectivity index (χ4n) is 8.68. The Bertz CT molecular complexity index is 1400. The first kappa shape index (κ1) is 69.6. The summed E-state index contributed by atoms with van der Waals surface area (Å²) in [5.41, 5.74) is 0. The molecule has 0 unspecified atom stereocenters. The third-order valence-electron chi connectivity index (χ3n) is 13.4. The van der Waals surface area contributed by atoms with Crippen molar-refractivity contribution in [1.29, 1.82) is 0 Å². The molecule has 420 valence electrons. The Kier molecular flexibility index (Phi) is 58.3. The number of esters is 3. The highest BCUT2D eigenvalue weighted by Crippen LogP contribution is 2.16. The van der Waals surface area contributed by atoms with Crippen molar-refractivity contribution in [3.05, 3.63) is 85.1 Å². The van der Waals surface area contributed by atoms with Crippen LogP contribution in [0.2, 0.25) is 0 Å². The molecule has 0 aliphatic heterocycles. The first-order valence-electron chi connectivity index (χ1n) is 31.1. The molecule has 0 spiro atoms. The van der Waals surface area contributed by atoms with Crippen LogP contribution in [0.5, 0.6) is 0 Å². The topological polar surface area (TPSA) is 78.9 Å². The number of ether oxygens (including phenoxy) is 3. The van der Waals surface area contributed by atoms with Crippen molar-refractivity contribution in [2.24, 2.45) is 0 Å². The van der Waals surface area contributed by atoms with Gasteiger partial charge in [0.15, 0.2) is 6.10 Å². The van der Waals surface area contributed by atoms with Gasteiger partial charge < -0.3 is 14.2 Å². The van der Waals surface area contributed by atoms with Gasteiger partial charge in [0.25, 0.3) is 0 Å². The van der Waals surface area contributed by atoms with Crippen molar-refractivity contribution in [2.75, 3.05) is 13.2 Å². The molecule has 0 amide bonds. The van der Waals surface area contributed by atoms with Crippen LogP contribution in [0.1, 0.15) is 303 Å². The summed E-state index contributed by atoms with van der Waals surface area (Å²) >= 11 is 0. The summed E-state index contributed by atoms with van der Waals surface area (Å²) in [5.74, 6) is -0.972. The van der Waals surface area contributed by atoms with Crippen LogP contribution >= 0.6 is 0 Å². The first-order chi connectivity index (χ1) is 36.0. The van der Waals surface area contributed by atoms with E-state index in [4.69, 9.17) is 14.2 Å². The monoisotopic (exact) mass is 1020 g/mol. The number of unbranched alkanes of at least 4 members (excludes halogenated alkanes) is 31. The van der Waals surface area contributed by atoms with Gasteiger partial charge in [-0.1, -0.05) is 273 Å². The van der Waals surface area contributed by atoms with E-state index in [9.17, 15) is 14.4 Å². The average Bonchev–Trinajstić information content (AvgIpc) is 3.39. The Labute approximate surface area is 452 Å². The molecule has 0 radical (unpaired) electrons. The second kappa shape index (κ2) is 61.1. The zero-order chi connectivity index (χ0) is 52.9. The molecule has 6 heteroatoms. The number of allylic oxidation sites excluding steroid dienone is 14. The van der Waals surface area contributed by atoms with E-state index in [1.807, 2.05) is 0 Å². The molecule has 73 heavy (non-hydrogen) atoms. The highest BCUT2D eigenvalue weighted by Gasteiger charge is 2.19. The molecule has 0 N–H and O–H groups in total. The molecule has 6 nitrogen and oxygen atoms in total. The molecule has 0 aromatic carbocycles. The van der Waals surface area contributed by atoms with Crippen molar-refractivity contribution >= 4 is 17.9 Å². The van der Waals surface area contributed by atoms with E-state index >= 15 is 0 Å². The Hall–Kier alpha value is -3.41. The second-order valence-electron chi connectivity index (χ2n) is 20.6. The van der Waals surface area contributed by atoms with Crippen LogP contribution in [0, 0.1) is 0 Å². The summed E-state index contributed by atoms with van der Waals surface area (Å²) in [6.45, 7) is 6.55.